The van der Waals surface area contributed by atoms with Crippen molar-refractivity contribution in [1.82, 2.24) is 20.6 Å². The maximum atomic E-state index is 13.4. The lowest BCUT2D eigenvalue weighted by molar-refractivity contribution is 0.0829. The number of carbonyl (C=O) groups excluding carboxylic acids is 2. The third kappa shape index (κ3) is 3.54. The van der Waals surface area contributed by atoms with E-state index in [0.29, 0.717) is 17.7 Å². The average Bonchev–Trinajstić information content (AvgIpc) is 2.92. The minimum Gasteiger partial charge on any atom is -0.347 e. The van der Waals surface area contributed by atoms with Gasteiger partial charge in [0.05, 0.1) is 6.20 Å². The molecule has 2 amide bonds. The first-order valence-electron chi connectivity index (χ1n) is 9.16. The molecule has 140 valence electrons. The van der Waals surface area contributed by atoms with E-state index in [1.165, 1.54) is 36.8 Å². The van der Waals surface area contributed by atoms with Gasteiger partial charge in [-0.3, -0.25) is 14.6 Å². The topological polar surface area (TPSA) is 84.0 Å². The van der Waals surface area contributed by atoms with Crippen molar-refractivity contribution in [3.05, 3.63) is 59.9 Å². The summed E-state index contributed by atoms with van der Waals surface area (Å²) in [7, 11) is 0. The highest BCUT2D eigenvalue weighted by Gasteiger charge is 2.52. The number of nitrogens with zero attached hydrogens (tertiary/aromatic N) is 2. The number of nitrogens with one attached hydrogen (secondary N) is 2. The number of amides is 2. The molecule has 2 aromatic rings. The Kier molecular flexibility index (Phi) is 4.37. The van der Waals surface area contributed by atoms with Crippen LogP contribution in [0.25, 0.3) is 0 Å². The van der Waals surface area contributed by atoms with E-state index in [1.807, 2.05) is 0 Å². The fraction of sp³-hybridized carbons (Fsp3) is 0.400. The van der Waals surface area contributed by atoms with Crippen molar-refractivity contribution in [3.8, 4) is 0 Å². The predicted molar refractivity (Wildman–Crippen MR) is 96.5 cm³/mol. The van der Waals surface area contributed by atoms with Gasteiger partial charge in [-0.05, 0) is 56.7 Å². The number of halogens is 1. The summed E-state index contributed by atoms with van der Waals surface area (Å²) in [6.07, 6.45) is 9.36. The molecule has 6 nitrogen and oxygen atoms in total. The Morgan fingerprint density at radius 1 is 1.00 bits per heavy atom. The fourth-order valence-electron chi connectivity index (χ4n) is 4.50. The van der Waals surface area contributed by atoms with Crippen LogP contribution in [0, 0.1) is 5.82 Å². The Bertz CT molecular complexity index is 875. The molecular formula is C20H21FN4O2. The molecule has 1 heterocycles. The minimum atomic E-state index is -0.430. The molecule has 2 bridgehead atoms. The Morgan fingerprint density at radius 2 is 1.74 bits per heavy atom. The Morgan fingerprint density at radius 3 is 2.41 bits per heavy atom. The monoisotopic (exact) mass is 368 g/mol. The second-order valence-electron chi connectivity index (χ2n) is 7.60. The van der Waals surface area contributed by atoms with Gasteiger partial charge in [0.2, 0.25) is 0 Å². The van der Waals surface area contributed by atoms with Gasteiger partial charge in [0.1, 0.15) is 11.5 Å². The molecule has 4 rings (SSSR count). The van der Waals surface area contributed by atoms with Gasteiger partial charge in [-0.15, -0.1) is 0 Å². The fourth-order valence-corrected chi connectivity index (χ4v) is 4.50. The van der Waals surface area contributed by atoms with Gasteiger partial charge < -0.3 is 10.6 Å². The normalized spacial score (nSPS) is 26.4. The van der Waals surface area contributed by atoms with Gasteiger partial charge in [0, 0.05) is 29.0 Å². The highest BCUT2D eigenvalue weighted by molar-refractivity contribution is 5.95. The summed E-state index contributed by atoms with van der Waals surface area (Å²) < 4.78 is 13.4. The Labute approximate surface area is 156 Å². The van der Waals surface area contributed by atoms with Gasteiger partial charge in [0.25, 0.3) is 11.8 Å². The zero-order valence-electron chi connectivity index (χ0n) is 14.9. The maximum Gasteiger partial charge on any atom is 0.271 e. The molecule has 0 aliphatic heterocycles. The summed E-state index contributed by atoms with van der Waals surface area (Å²) in [4.78, 5) is 33.1. The molecule has 2 atom stereocenters. The predicted octanol–water partition coefficient (Wildman–Crippen LogP) is 2.62. The molecule has 2 aliphatic carbocycles. The van der Waals surface area contributed by atoms with Gasteiger partial charge in [0.15, 0.2) is 0 Å². The number of rotatable bonds is 4. The second kappa shape index (κ2) is 6.72. The summed E-state index contributed by atoms with van der Waals surface area (Å²) in [5, 5.41) is 6.25. The van der Waals surface area contributed by atoms with E-state index in [9.17, 15) is 14.0 Å². The molecule has 1 aromatic heterocycles. The molecule has 27 heavy (non-hydrogen) atoms. The van der Waals surface area contributed by atoms with Crippen LogP contribution < -0.4 is 10.6 Å². The van der Waals surface area contributed by atoms with Crippen molar-refractivity contribution in [2.45, 2.75) is 49.6 Å². The summed E-state index contributed by atoms with van der Waals surface area (Å²) in [5.74, 6) is -0.939. The molecule has 2 saturated carbocycles. The quantitative estimate of drug-likeness (QED) is 0.869. The molecule has 0 spiro atoms. The third-order valence-corrected chi connectivity index (χ3v) is 5.71. The van der Waals surface area contributed by atoms with E-state index < -0.39 is 5.82 Å². The molecule has 0 radical (unpaired) electrons. The van der Waals surface area contributed by atoms with E-state index >= 15 is 0 Å². The van der Waals surface area contributed by atoms with Crippen LogP contribution in [0.4, 0.5) is 4.39 Å². The number of benzene rings is 1. The highest BCUT2D eigenvalue weighted by atomic mass is 19.1. The lowest BCUT2D eigenvalue weighted by Gasteiger charge is -2.40. The standard InChI is InChI=1S/C20H21FN4O2/c21-15-4-1-3-14(11-15)17(26)24-19-5-2-6-20(13-19,8-7-19)25-18(27)16-12-22-9-10-23-16/h1,3-4,9-12H,2,5-8,13H2,(H,24,26)(H,25,27). The van der Waals surface area contributed by atoms with Crippen LogP contribution in [0.2, 0.25) is 0 Å². The molecule has 0 saturated heterocycles. The van der Waals surface area contributed by atoms with Crippen molar-refractivity contribution < 1.29 is 14.0 Å². The molecule has 2 fully saturated rings. The largest absolute Gasteiger partial charge is 0.347 e. The first kappa shape index (κ1) is 17.6. The summed E-state index contributed by atoms with van der Waals surface area (Å²) in [6, 6.07) is 5.70. The molecule has 1 aromatic carbocycles. The molecule has 2 unspecified atom stereocenters. The number of hydrogen-bond donors (Lipinski definition) is 2. The Balaban J connectivity index is 1.48. The van der Waals surface area contributed by atoms with Crippen molar-refractivity contribution in [2.24, 2.45) is 0 Å². The van der Waals surface area contributed by atoms with Gasteiger partial charge in [-0.2, -0.15) is 0 Å². The molecular weight excluding hydrogens is 347 g/mol. The van der Waals surface area contributed by atoms with Crippen LogP contribution >= 0.6 is 0 Å². The van der Waals surface area contributed by atoms with Gasteiger partial charge >= 0.3 is 0 Å². The number of hydrogen-bond acceptors (Lipinski definition) is 4. The molecule has 7 heteroatoms. The van der Waals surface area contributed by atoms with Crippen LogP contribution in [0.1, 0.15) is 59.4 Å². The highest BCUT2D eigenvalue weighted by Crippen LogP contribution is 2.48. The van der Waals surface area contributed by atoms with Crippen molar-refractivity contribution in [1.29, 1.82) is 0 Å². The number of carbonyl (C=O) groups is 2. The first-order valence-corrected chi connectivity index (χ1v) is 9.16. The molecule has 2 N–H and O–H groups in total. The van der Waals surface area contributed by atoms with E-state index in [4.69, 9.17) is 0 Å². The summed E-state index contributed by atoms with van der Waals surface area (Å²) in [5.41, 5.74) is -0.103. The van der Waals surface area contributed by atoms with E-state index in [0.717, 1.165) is 32.1 Å². The lowest BCUT2D eigenvalue weighted by atomic mass is 9.78. The number of fused-ring (bicyclic) bond motifs is 2. The van der Waals surface area contributed by atoms with Crippen molar-refractivity contribution >= 4 is 11.8 Å². The third-order valence-electron chi connectivity index (χ3n) is 5.71. The minimum absolute atomic E-state index is 0.239. The maximum absolute atomic E-state index is 13.4. The summed E-state index contributed by atoms with van der Waals surface area (Å²) >= 11 is 0. The van der Waals surface area contributed by atoms with E-state index in [1.54, 1.807) is 6.07 Å². The number of aromatic nitrogens is 2. The van der Waals surface area contributed by atoms with Crippen LogP contribution in [-0.2, 0) is 0 Å². The zero-order valence-corrected chi connectivity index (χ0v) is 14.9. The zero-order chi connectivity index (χ0) is 18.9. The van der Waals surface area contributed by atoms with Gasteiger partial charge in [-0.1, -0.05) is 6.07 Å². The van der Waals surface area contributed by atoms with Crippen molar-refractivity contribution in [2.75, 3.05) is 0 Å². The van der Waals surface area contributed by atoms with E-state index in [-0.39, 0.29) is 22.9 Å². The molecule has 2 aliphatic rings. The van der Waals surface area contributed by atoms with Crippen LogP contribution in [-0.4, -0.2) is 32.9 Å². The second-order valence-corrected chi connectivity index (χ2v) is 7.60. The summed E-state index contributed by atoms with van der Waals surface area (Å²) in [6.45, 7) is 0. The average molecular weight is 368 g/mol. The lowest BCUT2D eigenvalue weighted by Crippen LogP contribution is -2.55. The van der Waals surface area contributed by atoms with Crippen LogP contribution in [0.5, 0.6) is 0 Å². The van der Waals surface area contributed by atoms with Gasteiger partial charge in [-0.25, -0.2) is 9.37 Å². The Hall–Kier alpha value is -2.83. The SMILES string of the molecule is O=C(NC12CCCC(NC(=O)c3cnccn3)(CC1)C2)c1cccc(F)c1. The van der Waals surface area contributed by atoms with E-state index in [2.05, 4.69) is 20.6 Å². The van der Waals surface area contributed by atoms with Crippen LogP contribution in [0.15, 0.2) is 42.9 Å². The first-order chi connectivity index (χ1) is 13.0. The smallest absolute Gasteiger partial charge is 0.271 e. The van der Waals surface area contributed by atoms with Crippen molar-refractivity contribution in [3.63, 3.8) is 0 Å². The van der Waals surface area contributed by atoms with Crippen LogP contribution in [0.3, 0.4) is 0 Å².